The second kappa shape index (κ2) is 8.70. The SMILES string of the molecule is Cl.Cl.Fc1ccc([C@H](CC2CC2)N2CCNCC2)cc1C(F)(F)F. The van der Waals surface area contributed by atoms with Crippen LogP contribution >= 0.6 is 24.8 Å². The van der Waals surface area contributed by atoms with Crippen LogP contribution in [0.5, 0.6) is 0 Å². The van der Waals surface area contributed by atoms with Crippen LogP contribution in [0.4, 0.5) is 17.6 Å². The second-order valence-electron chi connectivity index (χ2n) is 6.22. The van der Waals surface area contributed by atoms with E-state index in [9.17, 15) is 17.6 Å². The third-order valence-electron chi connectivity index (χ3n) is 4.53. The van der Waals surface area contributed by atoms with Gasteiger partial charge in [-0.2, -0.15) is 13.2 Å². The maximum Gasteiger partial charge on any atom is 0.419 e. The van der Waals surface area contributed by atoms with Gasteiger partial charge in [0.25, 0.3) is 0 Å². The normalized spacial score (nSPS) is 20.0. The van der Waals surface area contributed by atoms with E-state index in [1.165, 1.54) is 6.07 Å². The van der Waals surface area contributed by atoms with Crippen LogP contribution in [0.1, 0.15) is 36.4 Å². The van der Waals surface area contributed by atoms with Crippen molar-refractivity contribution < 1.29 is 17.6 Å². The summed E-state index contributed by atoms with van der Waals surface area (Å²) in [7, 11) is 0. The summed E-state index contributed by atoms with van der Waals surface area (Å²) in [5, 5.41) is 3.25. The van der Waals surface area contributed by atoms with Crippen LogP contribution in [0.2, 0.25) is 0 Å². The molecule has 0 bridgehead atoms. The predicted molar refractivity (Wildman–Crippen MR) is 90.4 cm³/mol. The lowest BCUT2D eigenvalue weighted by molar-refractivity contribution is -0.140. The van der Waals surface area contributed by atoms with Gasteiger partial charge in [-0.15, -0.1) is 24.8 Å². The Morgan fingerprint density at radius 1 is 1.12 bits per heavy atom. The fourth-order valence-electron chi connectivity index (χ4n) is 3.13. The molecular formula is C16H22Cl2F4N2. The Bertz CT molecular complexity index is 529. The molecule has 1 N–H and O–H groups in total. The summed E-state index contributed by atoms with van der Waals surface area (Å²) in [5.41, 5.74) is -0.566. The fourth-order valence-corrected chi connectivity index (χ4v) is 3.13. The molecule has 1 heterocycles. The van der Waals surface area contributed by atoms with Gasteiger partial charge in [-0.3, -0.25) is 4.90 Å². The molecule has 1 aliphatic heterocycles. The minimum absolute atomic E-state index is 0. The van der Waals surface area contributed by atoms with E-state index in [0.29, 0.717) is 11.5 Å². The molecule has 2 fully saturated rings. The zero-order valence-corrected chi connectivity index (χ0v) is 14.7. The van der Waals surface area contributed by atoms with Crippen molar-refractivity contribution in [2.45, 2.75) is 31.5 Å². The molecule has 1 aromatic carbocycles. The number of rotatable bonds is 4. The first-order valence-electron chi connectivity index (χ1n) is 7.76. The summed E-state index contributed by atoms with van der Waals surface area (Å²) in [6, 6.07) is 3.43. The van der Waals surface area contributed by atoms with Gasteiger partial charge in [0, 0.05) is 32.2 Å². The molecule has 1 atom stereocenters. The lowest BCUT2D eigenvalue weighted by Gasteiger charge is -2.35. The summed E-state index contributed by atoms with van der Waals surface area (Å²) in [6.45, 7) is 3.31. The van der Waals surface area contributed by atoms with Gasteiger partial charge in [-0.05, 0) is 30.0 Å². The average molecular weight is 389 g/mol. The zero-order valence-electron chi connectivity index (χ0n) is 13.1. The van der Waals surface area contributed by atoms with Gasteiger partial charge in [0.05, 0.1) is 5.56 Å². The van der Waals surface area contributed by atoms with E-state index in [1.54, 1.807) is 0 Å². The molecule has 24 heavy (non-hydrogen) atoms. The Balaban J connectivity index is 0.00000144. The minimum atomic E-state index is -4.65. The molecule has 1 saturated carbocycles. The maximum absolute atomic E-state index is 13.5. The number of benzene rings is 1. The Morgan fingerprint density at radius 3 is 2.29 bits per heavy atom. The lowest BCUT2D eigenvalue weighted by Crippen LogP contribution is -2.45. The molecular weight excluding hydrogens is 367 g/mol. The highest BCUT2D eigenvalue weighted by Gasteiger charge is 2.36. The summed E-state index contributed by atoms with van der Waals surface area (Å²) >= 11 is 0. The van der Waals surface area contributed by atoms with Crippen molar-refractivity contribution >= 4 is 24.8 Å². The van der Waals surface area contributed by atoms with E-state index in [-0.39, 0.29) is 30.9 Å². The standard InChI is InChI=1S/C16H20F4N2.2ClH/c17-14-4-3-12(10-13(14)16(18,19)20)15(9-11-1-2-11)22-7-5-21-6-8-22;;/h3-4,10-11,15,21H,1-2,5-9H2;2*1H/t15-;;/m0../s1. The molecule has 0 aromatic heterocycles. The molecule has 3 rings (SSSR count). The van der Waals surface area contributed by atoms with Gasteiger partial charge in [-0.25, -0.2) is 4.39 Å². The highest BCUT2D eigenvalue weighted by molar-refractivity contribution is 5.85. The van der Waals surface area contributed by atoms with Crippen molar-refractivity contribution in [3.8, 4) is 0 Å². The summed E-state index contributed by atoms with van der Waals surface area (Å²) in [4.78, 5) is 2.22. The first-order valence-corrected chi connectivity index (χ1v) is 7.76. The van der Waals surface area contributed by atoms with Gasteiger partial charge in [0.1, 0.15) is 5.82 Å². The zero-order chi connectivity index (χ0) is 15.7. The smallest absolute Gasteiger partial charge is 0.314 e. The van der Waals surface area contributed by atoms with E-state index in [2.05, 4.69) is 10.2 Å². The average Bonchev–Trinajstić information content (AvgIpc) is 3.29. The minimum Gasteiger partial charge on any atom is -0.314 e. The van der Waals surface area contributed by atoms with Gasteiger partial charge >= 0.3 is 6.18 Å². The van der Waals surface area contributed by atoms with Crippen LogP contribution < -0.4 is 5.32 Å². The van der Waals surface area contributed by atoms with Crippen molar-refractivity contribution in [2.24, 2.45) is 5.92 Å². The van der Waals surface area contributed by atoms with Crippen molar-refractivity contribution in [3.05, 3.63) is 35.1 Å². The monoisotopic (exact) mass is 388 g/mol. The number of halogens is 6. The molecule has 0 unspecified atom stereocenters. The predicted octanol–water partition coefficient (Wildman–Crippen LogP) is 4.43. The molecule has 1 aromatic rings. The molecule has 0 amide bonds. The largest absolute Gasteiger partial charge is 0.419 e. The Morgan fingerprint density at radius 2 is 1.75 bits per heavy atom. The molecule has 8 heteroatoms. The third kappa shape index (κ3) is 5.22. The van der Waals surface area contributed by atoms with Crippen molar-refractivity contribution in [3.63, 3.8) is 0 Å². The summed E-state index contributed by atoms with van der Waals surface area (Å²) < 4.78 is 52.3. The van der Waals surface area contributed by atoms with E-state index in [1.807, 2.05) is 0 Å². The van der Waals surface area contributed by atoms with Crippen LogP contribution in [0, 0.1) is 11.7 Å². The Kier molecular flexibility index (Phi) is 7.78. The van der Waals surface area contributed by atoms with Gasteiger partial charge in [0.2, 0.25) is 0 Å². The van der Waals surface area contributed by atoms with E-state index in [4.69, 9.17) is 0 Å². The van der Waals surface area contributed by atoms with Crippen LogP contribution in [0.3, 0.4) is 0 Å². The molecule has 0 spiro atoms. The van der Waals surface area contributed by atoms with E-state index >= 15 is 0 Å². The van der Waals surface area contributed by atoms with Gasteiger partial charge in [-0.1, -0.05) is 18.9 Å². The van der Waals surface area contributed by atoms with Crippen LogP contribution in [0.15, 0.2) is 18.2 Å². The number of piperazine rings is 1. The van der Waals surface area contributed by atoms with Gasteiger partial charge < -0.3 is 5.32 Å². The molecule has 2 aliphatic rings. The Labute approximate surface area is 151 Å². The fraction of sp³-hybridized carbons (Fsp3) is 0.625. The topological polar surface area (TPSA) is 15.3 Å². The highest BCUT2D eigenvalue weighted by atomic mass is 35.5. The van der Waals surface area contributed by atoms with Gasteiger partial charge in [0.15, 0.2) is 0 Å². The van der Waals surface area contributed by atoms with Crippen molar-refractivity contribution in [1.29, 1.82) is 0 Å². The first kappa shape index (κ1) is 21.5. The lowest BCUT2D eigenvalue weighted by atomic mass is 9.96. The van der Waals surface area contributed by atoms with Crippen molar-refractivity contribution in [2.75, 3.05) is 26.2 Å². The summed E-state index contributed by atoms with van der Waals surface area (Å²) in [5.74, 6) is -0.596. The second-order valence-corrected chi connectivity index (χ2v) is 6.22. The Hall–Kier alpha value is -0.560. The molecule has 0 radical (unpaired) electrons. The van der Waals surface area contributed by atoms with Crippen LogP contribution in [-0.2, 0) is 6.18 Å². The van der Waals surface area contributed by atoms with Crippen LogP contribution in [-0.4, -0.2) is 31.1 Å². The number of alkyl halides is 3. The first-order chi connectivity index (χ1) is 10.4. The number of hydrogen-bond donors (Lipinski definition) is 1. The highest BCUT2D eigenvalue weighted by Crippen LogP contribution is 2.41. The number of nitrogens with zero attached hydrogens (tertiary/aromatic N) is 1. The van der Waals surface area contributed by atoms with Crippen LogP contribution in [0.25, 0.3) is 0 Å². The third-order valence-corrected chi connectivity index (χ3v) is 4.53. The molecule has 138 valence electrons. The van der Waals surface area contributed by atoms with E-state index in [0.717, 1.165) is 57.6 Å². The molecule has 1 saturated heterocycles. The number of nitrogens with one attached hydrogen (secondary N) is 1. The molecule has 2 nitrogen and oxygen atoms in total. The number of hydrogen-bond acceptors (Lipinski definition) is 2. The summed E-state index contributed by atoms with van der Waals surface area (Å²) in [6.07, 6.45) is -1.48. The van der Waals surface area contributed by atoms with E-state index < -0.39 is 17.6 Å². The molecule has 1 aliphatic carbocycles. The maximum atomic E-state index is 13.5. The quantitative estimate of drug-likeness (QED) is 0.767. The van der Waals surface area contributed by atoms with Crippen molar-refractivity contribution in [1.82, 2.24) is 10.2 Å².